The van der Waals surface area contributed by atoms with Crippen LogP contribution in [0.1, 0.15) is 6.92 Å². The van der Waals surface area contributed by atoms with Gasteiger partial charge in [-0.3, -0.25) is 0 Å². The van der Waals surface area contributed by atoms with Crippen molar-refractivity contribution in [2.24, 2.45) is 0 Å². The summed E-state index contributed by atoms with van der Waals surface area (Å²) >= 11 is 0. The van der Waals surface area contributed by atoms with Crippen molar-refractivity contribution in [2.75, 3.05) is 6.61 Å². The monoisotopic (exact) mass is 178 g/mol. The molecule has 1 aliphatic rings. The highest BCUT2D eigenvalue weighted by Gasteiger charge is 2.41. The molecule has 0 aliphatic carbocycles. The Bertz CT molecular complexity index is 146. The molecule has 12 heavy (non-hydrogen) atoms. The van der Waals surface area contributed by atoms with Gasteiger partial charge in [0.1, 0.15) is 24.4 Å². The van der Waals surface area contributed by atoms with Gasteiger partial charge in [-0.25, -0.2) is 0 Å². The first-order chi connectivity index (χ1) is 5.57. The molecule has 0 amide bonds. The van der Waals surface area contributed by atoms with Crippen molar-refractivity contribution in [1.29, 1.82) is 0 Å². The maximum absolute atomic E-state index is 9.23. The number of ether oxygens (including phenoxy) is 1. The Hall–Kier alpha value is -0.200. The van der Waals surface area contributed by atoms with Gasteiger partial charge < -0.3 is 25.2 Å². The van der Waals surface area contributed by atoms with Gasteiger partial charge in [-0.15, -0.1) is 0 Å². The summed E-state index contributed by atoms with van der Waals surface area (Å²) in [6.07, 6.45) is -4.94. The molecule has 0 aromatic heterocycles. The van der Waals surface area contributed by atoms with Gasteiger partial charge in [-0.2, -0.15) is 0 Å². The predicted molar refractivity (Wildman–Crippen MR) is 39.4 cm³/mol. The minimum Gasteiger partial charge on any atom is -0.394 e. The summed E-state index contributed by atoms with van der Waals surface area (Å²) in [5.41, 5.74) is 0. The smallest absolute Gasteiger partial charge is 0.111 e. The zero-order chi connectivity index (χ0) is 9.30. The molecular formula is C7H14O5. The highest BCUT2D eigenvalue weighted by Crippen LogP contribution is 2.20. The first-order valence-corrected chi connectivity index (χ1v) is 3.88. The van der Waals surface area contributed by atoms with Crippen LogP contribution in [0, 0.1) is 0 Å². The molecule has 1 fully saturated rings. The van der Waals surface area contributed by atoms with Gasteiger partial charge in [0.05, 0.1) is 12.7 Å². The third-order valence-corrected chi connectivity index (χ3v) is 2.13. The third-order valence-electron chi connectivity index (χ3n) is 2.13. The van der Waals surface area contributed by atoms with Crippen LogP contribution in [0.2, 0.25) is 0 Å². The van der Waals surface area contributed by atoms with Gasteiger partial charge in [0, 0.05) is 0 Å². The predicted octanol–water partition coefficient (Wildman–Crippen LogP) is -2.15. The Morgan fingerprint density at radius 1 is 1.08 bits per heavy atom. The highest BCUT2D eigenvalue weighted by atomic mass is 16.5. The van der Waals surface area contributed by atoms with E-state index in [0.29, 0.717) is 0 Å². The highest BCUT2D eigenvalue weighted by molar-refractivity contribution is 4.89. The number of rotatable bonds is 1. The lowest BCUT2D eigenvalue weighted by Gasteiger charge is -2.38. The van der Waals surface area contributed by atoms with E-state index in [-0.39, 0.29) is 6.61 Å². The van der Waals surface area contributed by atoms with E-state index in [1.54, 1.807) is 6.92 Å². The standard InChI is InChI=1S/C7H14O5/c1-3-5(9)7(11)6(10)4(2-8)12-3/h3-11H,2H2,1H3/t3?,4?,5-,6-,7?/m0/s1. The van der Waals surface area contributed by atoms with Crippen LogP contribution in [0.4, 0.5) is 0 Å². The first kappa shape index (κ1) is 9.88. The van der Waals surface area contributed by atoms with Gasteiger partial charge >= 0.3 is 0 Å². The summed E-state index contributed by atoms with van der Waals surface area (Å²) in [5, 5.41) is 36.4. The van der Waals surface area contributed by atoms with Gasteiger partial charge in [-0.1, -0.05) is 0 Å². The maximum atomic E-state index is 9.23. The molecular weight excluding hydrogens is 164 g/mol. The van der Waals surface area contributed by atoms with Crippen LogP contribution in [0.3, 0.4) is 0 Å². The molecule has 5 heteroatoms. The molecule has 5 atom stereocenters. The molecule has 1 heterocycles. The van der Waals surface area contributed by atoms with Crippen LogP contribution in [0.15, 0.2) is 0 Å². The fraction of sp³-hybridized carbons (Fsp3) is 1.00. The zero-order valence-electron chi connectivity index (χ0n) is 6.79. The Balaban J connectivity index is 2.63. The molecule has 0 aromatic carbocycles. The van der Waals surface area contributed by atoms with E-state index in [2.05, 4.69) is 0 Å². The summed E-state index contributed by atoms with van der Waals surface area (Å²) in [6, 6.07) is 0. The second-order valence-corrected chi connectivity index (χ2v) is 3.03. The third kappa shape index (κ3) is 1.60. The van der Waals surface area contributed by atoms with E-state index >= 15 is 0 Å². The van der Waals surface area contributed by atoms with Crippen molar-refractivity contribution in [3.8, 4) is 0 Å². The fourth-order valence-corrected chi connectivity index (χ4v) is 1.29. The van der Waals surface area contributed by atoms with Crippen molar-refractivity contribution in [2.45, 2.75) is 37.4 Å². The fourth-order valence-electron chi connectivity index (χ4n) is 1.29. The first-order valence-electron chi connectivity index (χ1n) is 3.88. The molecule has 0 bridgehead atoms. The Labute approximate surface area is 70.2 Å². The van der Waals surface area contributed by atoms with Crippen molar-refractivity contribution >= 4 is 0 Å². The van der Waals surface area contributed by atoms with Crippen LogP contribution >= 0.6 is 0 Å². The quantitative estimate of drug-likeness (QED) is 0.367. The van der Waals surface area contributed by atoms with Crippen molar-refractivity contribution in [3.63, 3.8) is 0 Å². The second kappa shape index (κ2) is 3.68. The lowest BCUT2D eigenvalue weighted by Crippen LogP contribution is -2.57. The van der Waals surface area contributed by atoms with E-state index in [1.807, 2.05) is 0 Å². The normalized spacial score (nSPS) is 49.2. The molecule has 3 unspecified atom stereocenters. The summed E-state index contributed by atoms with van der Waals surface area (Å²) in [5.74, 6) is 0. The molecule has 1 aliphatic heterocycles. The van der Waals surface area contributed by atoms with E-state index in [4.69, 9.17) is 9.84 Å². The van der Waals surface area contributed by atoms with Crippen LogP contribution in [0.25, 0.3) is 0 Å². The SMILES string of the molecule is CC1OC(CO)[C@H](O)C(O)[C@H]1O. The number of aliphatic hydroxyl groups is 4. The van der Waals surface area contributed by atoms with Crippen LogP contribution in [0.5, 0.6) is 0 Å². The Kier molecular flexibility index (Phi) is 3.03. The van der Waals surface area contributed by atoms with Crippen molar-refractivity contribution in [3.05, 3.63) is 0 Å². The zero-order valence-corrected chi connectivity index (χ0v) is 6.79. The molecule has 72 valence electrons. The van der Waals surface area contributed by atoms with Crippen LogP contribution in [-0.2, 0) is 4.74 Å². The summed E-state index contributed by atoms with van der Waals surface area (Å²) in [7, 11) is 0. The molecule has 5 nitrogen and oxygen atoms in total. The summed E-state index contributed by atoms with van der Waals surface area (Å²) < 4.78 is 5.02. The van der Waals surface area contributed by atoms with Crippen molar-refractivity contribution < 1.29 is 25.2 Å². The second-order valence-electron chi connectivity index (χ2n) is 3.03. The number of hydrogen-bond acceptors (Lipinski definition) is 5. The Morgan fingerprint density at radius 2 is 1.67 bits per heavy atom. The van der Waals surface area contributed by atoms with Crippen LogP contribution < -0.4 is 0 Å². The molecule has 0 aromatic rings. The minimum absolute atomic E-state index is 0.366. The average molecular weight is 178 g/mol. The van der Waals surface area contributed by atoms with E-state index < -0.39 is 30.5 Å². The van der Waals surface area contributed by atoms with E-state index in [1.165, 1.54) is 0 Å². The maximum Gasteiger partial charge on any atom is 0.111 e. The van der Waals surface area contributed by atoms with Gasteiger partial charge in [-0.05, 0) is 6.92 Å². The molecule has 0 radical (unpaired) electrons. The average Bonchev–Trinajstić information content (AvgIpc) is 2.08. The lowest BCUT2D eigenvalue weighted by atomic mass is 9.96. The minimum atomic E-state index is -1.24. The molecule has 4 N–H and O–H groups in total. The largest absolute Gasteiger partial charge is 0.394 e. The molecule has 1 saturated heterocycles. The van der Waals surface area contributed by atoms with Gasteiger partial charge in [0.15, 0.2) is 0 Å². The molecule has 0 spiro atoms. The van der Waals surface area contributed by atoms with E-state index in [0.717, 1.165) is 0 Å². The Morgan fingerprint density at radius 3 is 2.17 bits per heavy atom. The summed E-state index contributed by atoms with van der Waals surface area (Å²) in [4.78, 5) is 0. The molecule has 0 saturated carbocycles. The number of hydrogen-bond donors (Lipinski definition) is 4. The lowest BCUT2D eigenvalue weighted by molar-refractivity contribution is -0.224. The van der Waals surface area contributed by atoms with E-state index in [9.17, 15) is 15.3 Å². The number of aliphatic hydroxyl groups excluding tert-OH is 4. The molecule has 1 rings (SSSR count). The van der Waals surface area contributed by atoms with Gasteiger partial charge in [0.2, 0.25) is 0 Å². The van der Waals surface area contributed by atoms with Crippen LogP contribution in [-0.4, -0.2) is 57.6 Å². The summed E-state index contributed by atoms with van der Waals surface area (Å²) in [6.45, 7) is 1.21. The van der Waals surface area contributed by atoms with Gasteiger partial charge in [0.25, 0.3) is 0 Å². The van der Waals surface area contributed by atoms with Crippen molar-refractivity contribution in [1.82, 2.24) is 0 Å². The topological polar surface area (TPSA) is 90.2 Å².